The number of halogens is 1. The Kier molecular flexibility index (Phi) is 6.35. The van der Waals surface area contributed by atoms with Crippen LogP contribution < -0.4 is 10.2 Å². The standard InChI is InChI=1S/C21H23ClN6O2S/c1-16-5-6-23-19(11-16)26-20-13-21(25-15-24-20)27-7-9-28(10-8-27)31(29,30)14-17-3-2-4-18(22)12-17/h2-6,11-13,15H,7-10,14H2,1H3,(H,23,24,25,26). The van der Waals surface area contributed by atoms with Gasteiger partial charge in [0.25, 0.3) is 0 Å². The van der Waals surface area contributed by atoms with E-state index in [1.54, 1.807) is 30.5 Å². The third-order valence-electron chi connectivity index (χ3n) is 5.02. The number of aromatic nitrogens is 3. The molecule has 3 aromatic rings. The van der Waals surface area contributed by atoms with Gasteiger partial charge in [-0.1, -0.05) is 23.7 Å². The van der Waals surface area contributed by atoms with Crippen molar-refractivity contribution in [2.24, 2.45) is 0 Å². The fourth-order valence-corrected chi connectivity index (χ4v) is 5.16. The van der Waals surface area contributed by atoms with E-state index in [0.717, 1.165) is 11.4 Å². The van der Waals surface area contributed by atoms with Crippen LogP contribution in [-0.2, 0) is 15.8 Å². The fourth-order valence-electron chi connectivity index (χ4n) is 3.45. The zero-order chi connectivity index (χ0) is 21.8. The number of benzene rings is 1. The van der Waals surface area contributed by atoms with Gasteiger partial charge in [-0.3, -0.25) is 0 Å². The van der Waals surface area contributed by atoms with Gasteiger partial charge >= 0.3 is 0 Å². The van der Waals surface area contributed by atoms with E-state index in [-0.39, 0.29) is 5.75 Å². The lowest BCUT2D eigenvalue weighted by Crippen LogP contribution is -2.49. The SMILES string of the molecule is Cc1ccnc(Nc2cc(N3CCN(S(=O)(=O)Cc4cccc(Cl)c4)CC3)ncn2)c1. The van der Waals surface area contributed by atoms with Crippen LogP contribution in [0.4, 0.5) is 17.5 Å². The van der Waals surface area contributed by atoms with Crippen molar-refractivity contribution in [2.45, 2.75) is 12.7 Å². The average molecular weight is 459 g/mol. The monoisotopic (exact) mass is 458 g/mol. The Bertz CT molecular complexity index is 1170. The zero-order valence-electron chi connectivity index (χ0n) is 17.1. The highest BCUT2D eigenvalue weighted by atomic mass is 35.5. The molecule has 1 aliphatic rings. The Morgan fingerprint density at radius 1 is 1.00 bits per heavy atom. The number of nitrogens with zero attached hydrogens (tertiary/aromatic N) is 5. The van der Waals surface area contributed by atoms with Crippen molar-refractivity contribution < 1.29 is 8.42 Å². The third-order valence-corrected chi connectivity index (χ3v) is 7.10. The maximum Gasteiger partial charge on any atom is 0.218 e. The van der Waals surface area contributed by atoms with Crippen molar-refractivity contribution in [1.29, 1.82) is 0 Å². The molecule has 0 aliphatic carbocycles. The molecule has 10 heteroatoms. The van der Waals surface area contributed by atoms with Crippen LogP contribution in [0.3, 0.4) is 0 Å². The van der Waals surface area contributed by atoms with Crippen LogP contribution in [0.2, 0.25) is 5.02 Å². The Morgan fingerprint density at radius 2 is 1.77 bits per heavy atom. The van der Waals surface area contributed by atoms with E-state index in [2.05, 4.69) is 25.2 Å². The lowest BCUT2D eigenvalue weighted by atomic mass is 10.2. The molecule has 1 saturated heterocycles. The molecule has 1 aromatic carbocycles. The second-order valence-corrected chi connectivity index (χ2v) is 9.78. The topological polar surface area (TPSA) is 91.3 Å². The molecule has 31 heavy (non-hydrogen) atoms. The molecular weight excluding hydrogens is 436 g/mol. The summed E-state index contributed by atoms with van der Waals surface area (Å²) in [5, 5.41) is 3.72. The summed E-state index contributed by atoms with van der Waals surface area (Å²) in [7, 11) is -3.42. The fraction of sp³-hybridized carbons (Fsp3) is 0.286. The lowest BCUT2D eigenvalue weighted by molar-refractivity contribution is 0.383. The number of pyridine rings is 1. The smallest absolute Gasteiger partial charge is 0.218 e. The van der Waals surface area contributed by atoms with Gasteiger partial charge in [-0.05, 0) is 42.3 Å². The first-order chi connectivity index (χ1) is 14.9. The summed E-state index contributed by atoms with van der Waals surface area (Å²) in [5.41, 5.74) is 1.79. The molecule has 0 spiro atoms. The Balaban J connectivity index is 1.39. The highest BCUT2D eigenvalue weighted by Crippen LogP contribution is 2.21. The molecule has 4 rings (SSSR count). The van der Waals surface area contributed by atoms with Crippen LogP contribution >= 0.6 is 11.6 Å². The minimum atomic E-state index is -3.42. The predicted octanol–water partition coefficient (Wildman–Crippen LogP) is 3.23. The number of hydrogen-bond acceptors (Lipinski definition) is 7. The van der Waals surface area contributed by atoms with Crippen LogP contribution in [0.25, 0.3) is 0 Å². The van der Waals surface area contributed by atoms with Crippen LogP contribution in [0, 0.1) is 6.92 Å². The molecule has 2 aromatic heterocycles. The minimum Gasteiger partial charge on any atom is -0.354 e. The molecule has 1 fully saturated rings. The van der Waals surface area contributed by atoms with Gasteiger partial charge in [0, 0.05) is 43.5 Å². The van der Waals surface area contributed by atoms with Crippen LogP contribution in [-0.4, -0.2) is 53.9 Å². The first kappa shape index (κ1) is 21.5. The maximum atomic E-state index is 12.8. The molecule has 0 atom stereocenters. The van der Waals surface area contributed by atoms with Gasteiger partial charge in [0.2, 0.25) is 10.0 Å². The maximum absolute atomic E-state index is 12.8. The largest absolute Gasteiger partial charge is 0.354 e. The highest BCUT2D eigenvalue weighted by Gasteiger charge is 2.27. The van der Waals surface area contributed by atoms with Crippen LogP contribution in [0.15, 0.2) is 55.0 Å². The molecular formula is C21H23ClN6O2S. The minimum absolute atomic E-state index is 0.0569. The molecule has 0 radical (unpaired) electrons. The van der Waals surface area contributed by atoms with Crippen LogP contribution in [0.1, 0.15) is 11.1 Å². The second kappa shape index (κ2) is 9.17. The summed E-state index contributed by atoms with van der Waals surface area (Å²) in [4.78, 5) is 15.0. The van der Waals surface area contributed by atoms with Crippen molar-refractivity contribution in [1.82, 2.24) is 19.3 Å². The number of piperazine rings is 1. The van der Waals surface area contributed by atoms with E-state index in [9.17, 15) is 8.42 Å². The van der Waals surface area contributed by atoms with Gasteiger partial charge in [-0.15, -0.1) is 0 Å². The first-order valence-electron chi connectivity index (χ1n) is 9.88. The van der Waals surface area contributed by atoms with Gasteiger partial charge < -0.3 is 10.2 Å². The molecule has 1 N–H and O–H groups in total. The van der Waals surface area contributed by atoms with E-state index < -0.39 is 10.0 Å². The van der Waals surface area contributed by atoms with E-state index in [1.807, 2.05) is 25.1 Å². The van der Waals surface area contributed by atoms with Crippen molar-refractivity contribution in [3.05, 3.63) is 71.1 Å². The molecule has 0 unspecified atom stereocenters. The number of aryl methyl sites for hydroxylation is 1. The normalized spacial score (nSPS) is 15.1. The quantitative estimate of drug-likeness (QED) is 0.606. The number of hydrogen-bond donors (Lipinski definition) is 1. The van der Waals surface area contributed by atoms with E-state index in [1.165, 1.54) is 10.6 Å². The Morgan fingerprint density at radius 3 is 2.52 bits per heavy atom. The average Bonchev–Trinajstić information content (AvgIpc) is 2.74. The van der Waals surface area contributed by atoms with Crippen molar-refractivity contribution in [3.63, 3.8) is 0 Å². The molecule has 0 bridgehead atoms. The molecule has 0 amide bonds. The predicted molar refractivity (Wildman–Crippen MR) is 122 cm³/mol. The molecule has 0 saturated carbocycles. The van der Waals surface area contributed by atoms with Gasteiger partial charge in [-0.25, -0.2) is 23.4 Å². The summed E-state index contributed by atoms with van der Waals surface area (Å²) in [5.74, 6) is 2.04. The van der Waals surface area contributed by atoms with Crippen LogP contribution in [0.5, 0.6) is 0 Å². The summed E-state index contributed by atoms with van der Waals surface area (Å²) >= 11 is 5.98. The van der Waals surface area contributed by atoms with Crippen molar-refractivity contribution >= 4 is 39.1 Å². The third kappa shape index (κ3) is 5.49. The molecule has 1 aliphatic heterocycles. The first-order valence-corrected chi connectivity index (χ1v) is 11.9. The number of rotatable bonds is 6. The summed E-state index contributed by atoms with van der Waals surface area (Å²) < 4.78 is 27.2. The van der Waals surface area contributed by atoms with Gasteiger partial charge in [-0.2, -0.15) is 4.31 Å². The second-order valence-electron chi connectivity index (χ2n) is 7.38. The Labute approximate surface area is 187 Å². The number of anilines is 3. The van der Waals surface area contributed by atoms with Crippen molar-refractivity contribution in [3.8, 4) is 0 Å². The van der Waals surface area contributed by atoms with E-state index >= 15 is 0 Å². The molecule has 3 heterocycles. The number of nitrogens with one attached hydrogen (secondary N) is 1. The van der Waals surface area contributed by atoms with Gasteiger partial charge in [0.05, 0.1) is 5.75 Å². The lowest BCUT2D eigenvalue weighted by Gasteiger charge is -2.34. The van der Waals surface area contributed by atoms with E-state index in [4.69, 9.17) is 11.6 Å². The highest BCUT2D eigenvalue weighted by molar-refractivity contribution is 7.88. The molecule has 162 valence electrons. The van der Waals surface area contributed by atoms with Crippen molar-refractivity contribution in [2.75, 3.05) is 36.4 Å². The summed E-state index contributed by atoms with van der Waals surface area (Å²) in [6.07, 6.45) is 3.23. The zero-order valence-corrected chi connectivity index (χ0v) is 18.6. The number of sulfonamides is 1. The summed E-state index contributed by atoms with van der Waals surface area (Å²) in [6, 6.07) is 12.7. The molecule has 8 nitrogen and oxygen atoms in total. The van der Waals surface area contributed by atoms with Gasteiger partial charge in [0.15, 0.2) is 0 Å². The van der Waals surface area contributed by atoms with Gasteiger partial charge in [0.1, 0.15) is 23.8 Å². The Hall–Kier alpha value is -2.75. The summed E-state index contributed by atoms with van der Waals surface area (Å²) in [6.45, 7) is 3.89. The van der Waals surface area contributed by atoms with E-state index in [0.29, 0.717) is 48.4 Å².